The highest BCUT2D eigenvalue weighted by Gasteiger charge is 2.31. The van der Waals surface area contributed by atoms with Crippen LogP contribution in [-0.4, -0.2) is 17.4 Å². The molecule has 0 bridgehead atoms. The third kappa shape index (κ3) is 1.30. The maximum atomic E-state index is 12.1. The molecule has 0 aliphatic carbocycles. The van der Waals surface area contributed by atoms with Gasteiger partial charge in [-0.25, -0.2) is 0 Å². The van der Waals surface area contributed by atoms with Crippen molar-refractivity contribution >= 4 is 17.7 Å². The molecule has 1 aliphatic rings. The quantitative estimate of drug-likeness (QED) is 0.739. The molecule has 0 saturated heterocycles. The highest BCUT2D eigenvalue weighted by Crippen LogP contribution is 2.35. The second-order valence-electron chi connectivity index (χ2n) is 3.70. The van der Waals surface area contributed by atoms with Crippen molar-refractivity contribution in [2.45, 2.75) is 13.8 Å². The Labute approximate surface area is 95.9 Å². The van der Waals surface area contributed by atoms with Crippen molar-refractivity contribution in [2.24, 2.45) is 0 Å². The van der Waals surface area contributed by atoms with E-state index in [1.807, 2.05) is 38.1 Å². The van der Waals surface area contributed by atoms with Gasteiger partial charge in [-0.15, -0.1) is 0 Å². The molecule has 1 aliphatic heterocycles. The molecule has 0 atom stereocenters. The molecule has 0 N–H and O–H groups in total. The number of hydrogen-bond donors (Lipinski definition) is 0. The van der Waals surface area contributed by atoms with Gasteiger partial charge in [-0.05, 0) is 25.5 Å². The molecule has 2 heteroatoms. The molecule has 1 amide bonds. The Morgan fingerprint density at radius 1 is 1.44 bits per heavy atom. The van der Waals surface area contributed by atoms with Gasteiger partial charge in [-0.2, -0.15) is 0 Å². The van der Waals surface area contributed by atoms with Gasteiger partial charge < -0.3 is 4.90 Å². The number of nitrogens with zero attached hydrogens (tertiary/aromatic N) is 1. The Kier molecular flexibility index (Phi) is 2.65. The van der Waals surface area contributed by atoms with Crippen molar-refractivity contribution in [3.05, 3.63) is 47.5 Å². The third-order valence-corrected chi connectivity index (χ3v) is 2.93. The Morgan fingerprint density at radius 3 is 2.75 bits per heavy atom. The van der Waals surface area contributed by atoms with Gasteiger partial charge in [0.25, 0.3) is 5.91 Å². The van der Waals surface area contributed by atoms with Crippen LogP contribution in [0.3, 0.4) is 0 Å². The fourth-order valence-electron chi connectivity index (χ4n) is 2.21. The summed E-state index contributed by atoms with van der Waals surface area (Å²) in [7, 11) is 0. The van der Waals surface area contributed by atoms with Gasteiger partial charge in [0.05, 0.1) is 0 Å². The molecule has 2 nitrogen and oxygen atoms in total. The molecule has 2 rings (SSSR count). The predicted molar refractivity (Wildman–Crippen MR) is 66.9 cm³/mol. The van der Waals surface area contributed by atoms with Crippen LogP contribution in [0.25, 0.3) is 11.8 Å². The summed E-state index contributed by atoms with van der Waals surface area (Å²) in [4.78, 5) is 13.9. The minimum atomic E-state index is 0.0919. The number of fused-ring (bicyclic) bond motifs is 1. The molecule has 0 saturated carbocycles. The Morgan fingerprint density at radius 2 is 2.19 bits per heavy atom. The summed E-state index contributed by atoms with van der Waals surface area (Å²) in [5.74, 6) is 0.0919. The van der Waals surface area contributed by atoms with E-state index < -0.39 is 0 Å². The van der Waals surface area contributed by atoms with E-state index in [0.717, 1.165) is 22.4 Å². The minimum Gasteiger partial charge on any atom is -0.308 e. The zero-order chi connectivity index (χ0) is 11.7. The summed E-state index contributed by atoms with van der Waals surface area (Å²) in [6.07, 6.45) is 3.79. The summed E-state index contributed by atoms with van der Waals surface area (Å²) in [6, 6.07) is 5.77. The van der Waals surface area contributed by atoms with Crippen LogP contribution in [0.15, 0.2) is 30.9 Å². The molecule has 1 aromatic carbocycles. The van der Waals surface area contributed by atoms with Crippen LogP contribution in [0, 0.1) is 0 Å². The van der Waals surface area contributed by atoms with E-state index in [-0.39, 0.29) is 5.91 Å². The van der Waals surface area contributed by atoms with Crippen LogP contribution in [0.1, 0.15) is 35.3 Å². The SMILES string of the molecule is C=Cc1cccc2c1/C(=C\C)N(CC)C2=O. The van der Waals surface area contributed by atoms with Crippen LogP contribution < -0.4 is 0 Å². The standard InChI is InChI=1S/C14H15NO/c1-4-10-8-7-9-11-13(10)12(5-2)15(6-3)14(11)16/h4-5,7-9H,1,6H2,2-3H3/b12-5+. The molecule has 1 aromatic rings. The molecule has 0 unspecified atom stereocenters. The monoisotopic (exact) mass is 213 g/mol. The van der Waals surface area contributed by atoms with Gasteiger partial charge in [-0.1, -0.05) is 30.9 Å². The largest absolute Gasteiger partial charge is 0.308 e. The smallest absolute Gasteiger partial charge is 0.258 e. The van der Waals surface area contributed by atoms with Crippen molar-refractivity contribution in [2.75, 3.05) is 6.54 Å². The number of rotatable bonds is 2. The molecular formula is C14H15NO. The summed E-state index contributed by atoms with van der Waals surface area (Å²) in [5.41, 5.74) is 3.83. The van der Waals surface area contributed by atoms with Crippen LogP contribution in [-0.2, 0) is 0 Å². The van der Waals surface area contributed by atoms with Crippen LogP contribution in [0.4, 0.5) is 0 Å². The van der Waals surface area contributed by atoms with Gasteiger partial charge in [0.2, 0.25) is 0 Å². The van der Waals surface area contributed by atoms with Crippen molar-refractivity contribution in [1.29, 1.82) is 0 Å². The normalized spacial score (nSPS) is 16.8. The zero-order valence-corrected chi connectivity index (χ0v) is 9.66. The summed E-state index contributed by atoms with van der Waals surface area (Å²) < 4.78 is 0. The van der Waals surface area contributed by atoms with E-state index in [9.17, 15) is 4.79 Å². The van der Waals surface area contributed by atoms with E-state index in [4.69, 9.17) is 0 Å². The third-order valence-electron chi connectivity index (χ3n) is 2.93. The molecule has 0 spiro atoms. The number of hydrogen-bond acceptors (Lipinski definition) is 1. The molecule has 0 aromatic heterocycles. The van der Waals surface area contributed by atoms with Crippen LogP contribution >= 0.6 is 0 Å². The van der Waals surface area contributed by atoms with Crippen molar-refractivity contribution < 1.29 is 4.79 Å². The molecule has 0 radical (unpaired) electrons. The van der Waals surface area contributed by atoms with Crippen LogP contribution in [0.5, 0.6) is 0 Å². The highest BCUT2D eigenvalue weighted by atomic mass is 16.2. The predicted octanol–water partition coefficient (Wildman–Crippen LogP) is 3.17. The lowest BCUT2D eigenvalue weighted by molar-refractivity contribution is 0.0856. The van der Waals surface area contributed by atoms with Gasteiger partial charge in [-0.3, -0.25) is 4.79 Å². The number of allylic oxidation sites excluding steroid dienone is 1. The maximum Gasteiger partial charge on any atom is 0.258 e. The lowest BCUT2D eigenvalue weighted by atomic mass is 10.0. The number of benzene rings is 1. The topological polar surface area (TPSA) is 20.3 Å². The fourth-order valence-corrected chi connectivity index (χ4v) is 2.21. The van der Waals surface area contributed by atoms with E-state index >= 15 is 0 Å². The first kappa shape index (κ1) is 10.7. The summed E-state index contributed by atoms with van der Waals surface area (Å²) >= 11 is 0. The van der Waals surface area contributed by atoms with E-state index in [0.29, 0.717) is 6.54 Å². The zero-order valence-electron chi connectivity index (χ0n) is 9.66. The fraction of sp³-hybridized carbons (Fsp3) is 0.214. The maximum absolute atomic E-state index is 12.1. The number of carbonyl (C=O) groups excluding carboxylic acids is 1. The van der Waals surface area contributed by atoms with Crippen molar-refractivity contribution in [3.63, 3.8) is 0 Å². The molecule has 1 heterocycles. The van der Waals surface area contributed by atoms with Crippen molar-refractivity contribution in [1.82, 2.24) is 4.90 Å². The molecule has 82 valence electrons. The summed E-state index contributed by atoms with van der Waals surface area (Å²) in [6.45, 7) is 8.44. The summed E-state index contributed by atoms with van der Waals surface area (Å²) in [5, 5.41) is 0. The Bertz CT molecular complexity index is 486. The average molecular weight is 213 g/mol. The Balaban J connectivity index is 2.71. The van der Waals surface area contributed by atoms with Crippen LogP contribution in [0.2, 0.25) is 0 Å². The first-order valence-electron chi connectivity index (χ1n) is 5.48. The molecular weight excluding hydrogens is 198 g/mol. The second kappa shape index (κ2) is 3.97. The second-order valence-corrected chi connectivity index (χ2v) is 3.70. The molecule has 0 fully saturated rings. The van der Waals surface area contributed by atoms with Gasteiger partial charge in [0.1, 0.15) is 0 Å². The number of carbonyl (C=O) groups is 1. The first-order chi connectivity index (χ1) is 7.74. The Hall–Kier alpha value is -1.83. The highest BCUT2D eigenvalue weighted by molar-refractivity contribution is 6.10. The first-order valence-corrected chi connectivity index (χ1v) is 5.48. The van der Waals surface area contributed by atoms with E-state index in [1.54, 1.807) is 11.0 Å². The van der Waals surface area contributed by atoms with E-state index in [1.165, 1.54) is 0 Å². The number of amides is 1. The lowest BCUT2D eigenvalue weighted by Crippen LogP contribution is -2.22. The van der Waals surface area contributed by atoms with Gasteiger partial charge in [0.15, 0.2) is 0 Å². The van der Waals surface area contributed by atoms with Gasteiger partial charge in [0, 0.05) is 23.4 Å². The van der Waals surface area contributed by atoms with E-state index in [2.05, 4.69) is 6.58 Å². The van der Waals surface area contributed by atoms with Crippen molar-refractivity contribution in [3.8, 4) is 0 Å². The molecule has 16 heavy (non-hydrogen) atoms. The van der Waals surface area contributed by atoms with Gasteiger partial charge >= 0.3 is 0 Å². The average Bonchev–Trinajstić information content (AvgIpc) is 2.61. The minimum absolute atomic E-state index is 0.0919. The lowest BCUT2D eigenvalue weighted by Gasteiger charge is -2.15.